The molecule has 76 valence electrons. The first-order valence-corrected chi connectivity index (χ1v) is 4.75. The lowest BCUT2D eigenvalue weighted by Gasteiger charge is -2.08. The summed E-state index contributed by atoms with van der Waals surface area (Å²) in [7, 11) is 0. The lowest BCUT2D eigenvalue weighted by atomic mass is 10.1. The normalized spacial score (nSPS) is 21.4. The average Bonchev–Trinajstić information content (AvgIpc) is 2.77. The second kappa shape index (κ2) is 3.42. The number of rotatable bonds is 1. The fourth-order valence-corrected chi connectivity index (χ4v) is 1.68. The fourth-order valence-electron chi connectivity index (χ4n) is 1.68. The minimum Gasteiger partial charge on any atom is -0.396 e. The number of carbonyl (C=O) groups is 1. The first-order chi connectivity index (χ1) is 6.70. The van der Waals surface area contributed by atoms with Crippen molar-refractivity contribution in [3.05, 3.63) is 11.9 Å². The maximum Gasteiger partial charge on any atom is 0.251 e. The number of anilines is 1. The molecular formula is C9H14N4O. The number of nitrogens with zero attached hydrogens (tertiary/aromatic N) is 2. The van der Waals surface area contributed by atoms with E-state index < -0.39 is 0 Å². The van der Waals surface area contributed by atoms with Crippen molar-refractivity contribution in [2.75, 3.05) is 18.8 Å². The Morgan fingerprint density at radius 3 is 3.07 bits per heavy atom. The van der Waals surface area contributed by atoms with E-state index in [-0.39, 0.29) is 11.8 Å². The molecule has 5 heteroatoms. The third-order valence-electron chi connectivity index (χ3n) is 2.67. The summed E-state index contributed by atoms with van der Waals surface area (Å²) in [6, 6.07) is 0. The fraction of sp³-hybridized carbons (Fsp3) is 0.556. The molecular weight excluding hydrogens is 180 g/mol. The van der Waals surface area contributed by atoms with Gasteiger partial charge in [0, 0.05) is 6.54 Å². The van der Waals surface area contributed by atoms with Crippen LogP contribution in [0, 0.1) is 12.8 Å². The second-order valence-electron chi connectivity index (χ2n) is 3.63. The maximum atomic E-state index is 11.9. The van der Waals surface area contributed by atoms with Gasteiger partial charge in [-0.15, -0.1) is 0 Å². The number of carbonyl (C=O) groups excluding carboxylic acids is 1. The third kappa shape index (κ3) is 1.39. The van der Waals surface area contributed by atoms with Crippen LogP contribution < -0.4 is 11.1 Å². The summed E-state index contributed by atoms with van der Waals surface area (Å²) in [5, 5.41) is 7.13. The van der Waals surface area contributed by atoms with E-state index in [1.807, 2.05) is 6.92 Å². The monoisotopic (exact) mass is 194 g/mol. The lowest BCUT2D eigenvalue weighted by molar-refractivity contribution is 0.0826. The van der Waals surface area contributed by atoms with Crippen molar-refractivity contribution in [1.82, 2.24) is 15.1 Å². The molecule has 0 aliphatic carbocycles. The van der Waals surface area contributed by atoms with Crippen molar-refractivity contribution < 1.29 is 4.79 Å². The van der Waals surface area contributed by atoms with Gasteiger partial charge in [0.05, 0.1) is 23.5 Å². The number of hydrogen-bond acceptors (Lipinski definition) is 4. The molecule has 1 fully saturated rings. The quantitative estimate of drug-likeness (QED) is 0.661. The molecule has 0 amide bonds. The highest BCUT2D eigenvalue weighted by molar-refractivity contribution is 5.82. The number of hydrogen-bond donors (Lipinski definition) is 2. The van der Waals surface area contributed by atoms with Gasteiger partial charge in [-0.2, -0.15) is 5.10 Å². The second-order valence-corrected chi connectivity index (χ2v) is 3.63. The largest absolute Gasteiger partial charge is 0.396 e. The van der Waals surface area contributed by atoms with Gasteiger partial charge in [-0.1, -0.05) is 0 Å². The Bertz CT molecular complexity index is 352. The number of nitrogens with one attached hydrogen (secondary N) is 1. The summed E-state index contributed by atoms with van der Waals surface area (Å²) in [6.45, 7) is 3.47. The van der Waals surface area contributed by atoms with Gasteiger partial charge >= 0.3 is 0 Å². The summed E-state index contributed by atoms with van der Waals surface area (Å²) in [6.07, 6.45) is 2.41. The van der Waals surface area contributed by atoms with E-state index in [1.165, 1.54) is 10.9 Å². The van der Waals surface area contributed by atoms with Crippen LogP contribution in [-0.2, 0) is 0 Å². The zero-order valence-corrected chi connectivity index (χ0v) is 8.16. The first-order valence-electron chi connectivity index (χ1n) is 4.75. The molecule has 3 N–H and O–H groups in total. The molecule has 1 aliphatic heterocycles. The van der Waals surface area contributed by atoms with E-state index in [4.69, 9.17) is 5.73 Å². The van der Waals surface area contributed by atoms with Gasteiger partial charge in [-0.25, -0.2) is 4.68 Å². The molecule has 2 heterocycles. The van der Waals surface area contributed by atoms with Crippen LogP contribution in [0.1, 0.15) is 16.9 Å². The van der Waals surface area contributed by atoms with Gasteiger partial charge in [0.25, 0.3) is 5.91 Å². The predicted octanol–water partition coefficient (Wildman–Crippen LogP) is 0.0234. The molecule has 2 rings (SSSR count). The number of nitrogen functional groups attached to an aromatic ring is 1. The summed E-state index contributed by atoms with van der Waals surface area (Å²) >= 11 is 0. The first kappa shape index (κ1) is 9.21. The van der Waals surface area contributed by atoms with E-state index in [0.29, 0.717) is 5.69 Å². The highest BCUT2D eigenvalue weighted by Crippen LogP contribution is 2.14. The highest BCUT2D eigenvalue weighted by Gasteiger charge is 2.25. The molecule has 0 bridgehead atoms. The summed E-state index contributed by atoms with van der Waals surface area (Å²) in [4.78, 5) is 11.9. The van der Waals surface area contributed by atoms with E-state index >= 15 is 0 Å². The molecule has 0 aromatic carbocycles. The van der Waals surface area contributed by atoms with Crippen LogP contribution in [0.3, 0.4) is 0 Å². The van der Waals surface area contributed by atoms with Crippen molar-refractivity contribution in [2.24, 2.45) is 5.92 Å². The Balaban J connectivity index is 2.22. The molecule has 1 atom stereocenters. The van der Waals surface area contributed by atoms with Gasteiger partial charge in [0.1, 0.15) is 0 Å². The maximum absolute atomic E-state index is 11.9. The Labute approximate surface area is 82.3 Å². The molecule has 1 aliphatic rings. The predicted molar refractivity (Wildman–Crippen MR) is 53.0 cm³/mol. The van der Waals surface area contributed by atoms with Crippen LogP contribution >= 0.6 is 0 Å². The molecule has 1 unspecified atom stereocenters. The molecule has 0 radical (unpaired) electrons. The van der Waals surface area contributed by atoms with Gasteiger partial charge in [0.15, 0.2) is 0 Å². The molecule has 0 saturated carbocycles. The zero-order chi connectivity index (χ0) is 10.1. The SMILES string of the molecule is Cc1c(N)cnn1C(=O)C1CCNC1. The molecule has 1 saturated heterocycles. The molecule has 5 nitrogen and oxygen atoms in total. The zero-order valence-electron chi connectivity index (χ0n) is 8.16. The van der Waals surface area contributed by atoms with Gasteiger partial charge in [0.2, 0.25) is 0 Å². The molecule has 0 spiro atoms. The average molecular weight is 194 g/mol. The lowest BCUT2D eigenvalue weighted by Crippen LogP contribution is -2.25. The Kier molecular flexibility index (Phi) is 2.25. The van der Waals surface area contributed by atoms with Crippen molar-refractivity contribution in [3.8, 4) is 0 Å². The van der Waals surface area contributed by atoms with Crippen LogP contribution in [0.4, 0.5) is 5.69 Å². The van der Waals surface area contributed by atoms with E-state index in [0.717, 1.165) is 25.2 Å². The van der Waals surface area contributed by atoms with Crippen molar-refractivity contribution in [2.45, 2.75) is 13.3 Å². The summed E-state index contributed by atoms with van der Waals surface area (Å²) in [5.74, 6) is 0.0946. The van der Waals surface area contributed by atoms with Gasteiger partial charge in [-0.05, 0) is 19.9 Å². The molecule has 1 aromatic heterocycles. The molecule has 1 aromatic rings. The third-order valence-corrected chi connectivity index (χ3v) is 2.67. The van der Waals surface area contributed by atoms with Crippen molar-refractivity contribution >= 4 is 11.6 Å². The Hall–Kier alpha value is -1.36. The highest BCUT2D eigenvalue weighted by atomic mass is 16.2. The number of aromatic nitrogens is 2. The number of nitrogens with two attached hydrogens (primary N) is 1. The van der Waals surface area contributed by atoms with E-state index in [1.54, 1.807) is 0 Å². The topological polar surface area (TPSA) is 72.9 Å². The molecule has 14 heavy (non-hydrogen) atoms. The summed E-state index contributed by atoms with van der Waals surface area (Å²) in [5.41, 5.74) is 6.94. The Morgan fingerprint density at radius 1 is 1.79 bits per heavy atom. The summed E-state index contributed by atoms with van der Waals surface area (Å²) < 4.78 is 1.41. The van der Waals surface area contributed by atoms with Crippen molar-refractivity contribution in [1.29, 1.82) is 0 Å². The minimum atomic E-state index is 0.0456. The van der Waals surface area contributed by atoms with Crippen LogP contribution in [0.15, 0.2) is 6.20 Å². The van der Waals surface area contributed by atoms with E-state index in [9.17, 15) is 4.79 Å². The Morgan fingerprint density at radius 2 is 2.57 bits per heavy atom. The standard InChI is InChI=1S/C9H14N4O/c1-6-8(10)5-12-13(6)9(14)7-2-3-11-4-7/h5,7,11H,2-4,10H2,1H3. The van der Waals surface area contributed by atoms with Crippen LogP contribution in [-0.4, -0.2) is 28.8 Å². The van der Waals surface area contributed by atoms with Crippen molar-refractivity contribution in [3.63, 3.8) is 0 Å². The van der Waals surface area contributed by atoms with Crippen LogP contribution in [0.25, 0.3) is 0 Å². The smallest absolute Gasteiger partial charge is 0.251 e. The van der Waals surface area contributed by atoms with Crippen LogP contribution in [0.5, 0.6) is 0 Å². The van der Waals surface area contributed by atoms with Crippen LogP contribution in [0.2, 0.25) is 0 Å². The van der Waals surface area contributed by atoms with Gasteiger partial charge in [-0.3, -0.25) is 4.79 Å². The minimum absolute atomic E-state index is 0.0456. The van der Waals surface area contributed by atoms with Gasteiger partial charge < -0.3 is 11.1 Å². The van der Waals surface area contributed by atoms with E-state index in [2.05, 4.69) is 10.4 Å².